The smallest absolute Gasteiger partial charge is 0.146 e. The molecule has 0 saturated carbocycles. The van der Waals surface area contributed by atoms with Gasteiger partial charge in [0, 0.05) is 25.0 Å². The SMILES string of the molecule is Cc1cc(-c2ccccc2)cc(C)c1-n1ccnc1-c1cccc2c1nc(C)n2C. The van der Waals surface area contributed by atoms with Crippen molar-refractivity contribution in [2.75, 3.05) is 0 Å². The molecule has 0 spiro atoms. The van der Waals surface area contributed by atoms with E-state index in [0.717, 1.165) is 28.2 Å². The van der Waals surface area contributed by atoms with Crippen molar-refractivity contribution in [1.29, 1.82) is 0 Å². The van der Waals surface area contributed by atoms with Gasteiger partial charge in [0.2, 0.25) is 0 Å². The zero-order chi connectivity index (χ0) is 20.8. The maximum absolute atomic E-state index is 4.81. The molecule has 5 rings (SSSR count). The predicted octanol–water partition coefficient (Wildman–Crippen LogP) is 6.02. The summed E-state index contributed by atoms with van der Waals surface area (Å²) in [6.07, 6.45) is 3.91. The summed E-state index contributed by atoms with van der Waals surface area (Å²) in [6, 6.07) is 21.3. The van der Waals surface area contributed by atoms with Gasteiger partial charge in [-0.05, 0) is 67.3 Å². The van der Waals surface area contributed by atoms with Crippen molar-refractivity contribution in [1.82, 2.24) is 19.1 Å². The Hall–Kier alpha value is -3.66. The Morgan fingerprint density at radius 3 is 2.27 bits per heavy atom. The monoisotopic (exact) mass is 392 g/mol. The molecule has 0 aliphatic rings. The van der Waals surface area contributed by atoms with E-state index < -0.39 is 0 Å². The van der Waals surface area contributed by atoms with Crippen LogP contribution in [0.4, 0.5) is 0 Å². The minimum absolute atomic E-state index is 0.914. The van der Waals surface area contributed by atoms with Gasteiger partial charge in [-0.25, -0.2) is 9.97 Å². The van der Waals surface area contributed by atoms with E-state index in [1.54, 1.807) is 0 Å². The average molecular weight is 393 g/mol. The van der Waals surface area contributed by atoms with Gasteiger partial charge in [-0.2, -0.15) is 0 Å². The molecule has 2 heterocycles. The lowest BCUT2D eigenvalue weighted by molar-refractivity contribution is 0.886. The summed E-state index contributed by atoms with van der Waals surface area (Å²) in [6.45, 7) is 6.38. The largest absolute Gasteiger partial charge is 0.331 e. The molecule has 0 radical (unpaired) electrons. The molecule has 0 fully saturated rings. The fraction of sp³-hybridized carbons (Fsp3) is 0.154. The zero-order valence-corrected chi connectivity index (χ0v) is 17.7. The van der Waals surface area contributed by atoms with Crippen LogP contribution in [0.3, 0.4) is 0 Å². The van der Waals surface area contributed by atoms with Gasteiger partial charge in [0.1, 0.15) is 11.6 Å². The molecule has 3 aromatic carbocycles. The molecule has 148 valence electrons. The topological polar surface area (TPSA) is 35.6 Å². The van der Waals surface area contributed by atoms with E-state index in [4.69, 9.17) is 9.97 Å². The molecule has 2 aromatic heterocycles. The van der Waals surface area contributed by atoms with Gasteiger partial charge < -0.3 is 4.57 Å². The number of aryl methyl sites for hydroxylation is 4. The third kappa shape index (κ3) is 2.84. The fourth-order valence-electron chi connectivity index (χ4n) is 4.33. The summed E-state index contributed by atoms with van der Waals surface area (Å²) in [5.74, 6) is 1.91. The highest BCUT2D eigenvalue weighted by atomic mass is 15.1. The number of rotatable bonds is 3. The van der Waals surface area contributed by atoms with Crippen molar-refractivity contribution < 1.29 is 0 Å². The molecule has 0 aliphatic heterocycles. The standard InChI is InChI=1S/C26H24N4/c1-17-15-21(20-9-6-5-7-10-20)16-18(2)25(17)30-14-13-27-26(30)22-11-8-12-23-24(22)28-19(3)29(23)4/h5-16H,1-4H3. The number of para-hydroxylation sites is 1. The number of hydrogen-bond donors (Lipinski definition) is 0. The van der Waals surface area contributed by atoms with Gasteiger partial charge in [-0.1, -0.05) is 36.4 Å². The molecule has 0 aliphatic carbocycles. The van der Waals surface area contributed by atoms with Crippen molar-refractivity contribution in [3.63, 3.8) is 0 Å². The Bertz CT molecular complexity index is 1350. The van der Waals surface area contributed by atoms with E-state index in [-0.39, 0.29) is 0 Å². The van der Waals surface area contributed by atoms with E-state index in [1.165, 1.54) is 27.9 Å². The van der Waals surface area contributed by atoms with E-state index in [1.807, 2.05) is 19.3 Å². The first-order valence-electron chi connectivity index (χ1n) is 10.2. The molecule has 0 atom stereocenters. The molecular formula is C26H24N4. The Morgan fingerprint density at radius 2 is 1.53 bits per heavy atom. The van der Waals surface area contributed by atoms with Crippen LogP contribution in [0.15, 0.2) is 73.1 Å². The number of fused-ring (bicyclic) bond motifs is 1. The van der Waals surface area contributed by atoms with Crippen molar-refractivity contribution in [3.8, 4) is 28.2 Å². The lowest BCUT2D eigenvalue weighted by Crippen LogP contribution is -2.02. The Morgan fingerprint density at radius 1 is 0.800 bits per heavy atom. The highest BCUT2D eigenvalue weighted by Gasteiger charge is 2.17. The number of nitrogens with zero attached hydrogens (tertiary/aromatic N) is 4. The van der Waals surface area contributed by atoms with Crippen molar-refractivity contribution in [2.45, 2.75) is 20.8 Å². The molecule has 0 N–H and O–H groups in total. The first-order valence-corrected chi connectivity index (χ1v) is 10.2. The van der Waals surface area contributed by atoms with Crippen LogP contribution < -0.4 is 0 Å². The van der Waals surface area contributed by atoms with Crippen LogP contribution in [0.1, 0.15) is 17.0 Å². The minimum Gasteiger partial charge on any atom is -0.331 e. The normalized spacial score (nSPS) is 11.3. The van der Waals surface area contributed by atoms with Crippen LogP contribution in [0.2, 0.25) is 0 Å². The van der Waals surface area contributed by atoms with Crippen LogP contribution in [0.25, 0.3) is 39.2 Å². The lowest BCUT2D eigenvalue weighted by atomic mass is 9.98. The van der Waals surface area contributed by atoms with Crippen molar-refractivity contribution in [2.24, 2.45) is 7.05 Å². The minimum atomic E-state index is 0.914. The summed E-state index contributed by atoms with van der Waals surface area (Å²) in [7, 11) is 2.05. The van der Waals surface area contributed by atoms with Crippen molar-refractivity contribution >= 4 is 11.0 Å². The molecule has 4 heteroatoms. The molecule has 0 amide bonds. The number of aromatic nitrogens is 4. The molecule has 0 unspecified atom stereocenters. The van der Waals surface area contributed by atoms with Crippen molar-refractivity contribution in [3.05, 3.63) is 90.0 Å². The summed E-state index contributed by atoms with van der Waals surface area (Å²) >= 11 is 0. The Balaban J connectivity index is 1.69. The summed E-state index contributed by atoms with van der Waals surface area (Å²) < 4.78 is 4.31. The summed E-state index contributed by atoms with van der Waals surface area (Å²) in [5.41, 5.74) is 9.23. The van der Waals surface area contributed by atoms with Crippen LogP contribution in [-0.2, 0) is 7.05 Å². The molecule has 30 heavy (non-hydrogen) atoms. The first-order chi connectivity index (χ1) is 14.5. The second-order valence-corrected chi connectivity index (χ2v) is 7.84. The Labute approximate surface area is 176 Å². The van der Waals surface area contributed by atoms with E-state index in [0.29, 0.717) is 0 Å². The van der Waals surface area contributed by atoms with Gasteiger partial charge in [0.05, 0.1) is 16.7 Å². The van der Waals surface area contributed by atoms with Crippen LogP contribution in [-0.4, -0.2) is 19.1 Å². The van der Waals surface area contributed by atoms with Gasteiger partial charge >= 0.3 is 0 Å². The average Bonchev–Trinajstić information content (AvgIpc) is 3.33. The van der Waals surface area contributed by atoms with Gasteiger partial charge in [-0.3, -0.25) is 4.57 Å². The van der Waals surface area contributed by atoms with E-state index >= 15 is 0 Å². The summed E-state index contributed by atoms with van der Waals surface area (Å²) in [4.78, 5) is 9.54. The number of hydrogen-bond acceptors (Lipinski definition) is 2. The maximum Gasteiger partial charge on any atom is 0.146 e. The van der Waals surface area contributed by atoms with Crippen LogP contribution >= 0.6 is 0 Å². The third-order valence-electron chi connectivity index (χ3n) is 5.86. The first kappa shape index (κ1) is 18.4. The Kier molecular flexibility index (Phi) is 4.28. The van der Waals surface area contributed by atoms with E-state index in [9.17, 15) is 0 Å². The quantitative estimate of drug-likeness (QED) is 0.376. The second-order valence-electron chi connectivity index (χ2n) is 7.84. The lowest BCUT2D eigenvalue weighted by Gasteiger charge is -2.16. The predicted molar refractivity (Wildman–Crippen MR) is 123 cm³/mol. The number of benzene rings is 3. The maximum atomic E-state index is 4.81. The van der Waals surface area contributed by atoms with Gasteiger partial charge in [-0.15, -0.1) is 0 Å². The second kappa shape index (κ2) is 6.99. The zero-order valence-electron chi connectivity index (χ0n) is 17.7. The molecular weight excluding hydrogens is 368 g/mol. The third-order valence-corrected chi connectivity index (χ3v) is 5.86. The van der Waals surface area contributed by atoms with Gasteiger partial charge in [0.15, 0.2) is 0 Å². The number of imidazole rings is 2. The molecule has 0 bridgehead atoms. The van der Waals surface area contributed by atoms with E-state index in [2.05, 4.69) is 90.7 Å². The highest BCUT2D eigenvalue weighted by Crippen LogP contribution is 2.33. The fourth-order valence-corrected chi connectivity index (χ4v) is 4.33. The highest BCUT2D eigenvalue weighted by molar-refractivity contribution is 5.91. The summed E-state index contributed by atoms with van der Waals surface area (Å²) in [5, 5.41) is 0. The van der Waals surface area contributed by atoms with Gasteiger partial charge in [0.25, 0.3) is 0 Å². The molecule has 5 aromatic rings. The van der Waals surface area contributed by atoms with Crippen LogP contribution in [0, 0.1) is 20.8 Å². The van der Waals surface area contributed by atoms with Crippen LogP contribution in [0.5, 0.6) is 0 Å². The molecule has 0 saturated heterocycles. The molecule has 4 nitrogen and oxygen atoms in total.